The highest BCUT2D eigenvalue weighted by Gasteiger charge is 2.24. The van der Waals surface area contributed by atoms with Crippen molar-refractivity contribution in [1.29, 1.82) is 0 Å². The molecule has 1 aromatic heterocycles. The van der Waals surface area contributed by atoms with Crippen molar-refractivity contribution in [3.63, 3.8) is 0 Å². The number of H-pyrrole nitrogens is 1. The van der Waals surface area contributed by atoms with Gasteiger partial charge in [0.05, 0.1) is 11.3 Å². The number of urea groups is 1. The van der Waals surface area contributed by atoms with Gasteiger partial charge in [0.1, 0.15) is 0 Å². The number of hydrogen-bond donors (Lipinski definition) is 5. The Morgan fingerprint density at radius 2 is 1.64 bits per heavy atom. The van der Waals surface area contributed by atoms with Crippen LogP contribution >= 0.6 is 0 Å². The summed E-state index contributed by atoms with van der Waals surface area (Å²) in [4.78, 5) is 27.9. The van der Waals surface area contributed by atoms with Crippen LogP contribution in [0.2, 0.25) is 0 Å². The first-order valence-corrected chi connectivity index (χ1v) is 11.1. The van der Waals surface area contributed by atoms with Gasteiger partial charge in [-0.1, -0.05) is 12.1 Å². The molecule has 5 rings (SSSR count). The number of halogens is 2. The van der Waals surface area contributed by atoms with Crippen molar-refractivity contribution in [2.24, 2.45) is 0 Å². The van der Waals surface area contributed by atoms with E-state index in [0.29, 0.717) is 16.9 Å². The molecule has 0 bridgehead atoms. The summed E-state index contributed by atoms with van der Waals surface area (Å²) < 4.78 is 26.5. The van der Waals surface area contributed by atoms with Crippen molar-refractivity contribution in [3.05, 3.63) is 101 Å². The Morgan fingerprint density at radius 1 is 0.889 bits per heavy atom. The summed E-state index contributed by atoms with van der Waals surface area (Å²) in [5.74, 6) is -2.22. The normalized spacial score (nSPS) is 13.3. The van der Waals surface area contributed by atoms with E-state index in [-0.39, 0.29) is 11.6 Å². The monoisotopic (exact) mass is 485 g/mol. The lowest BCUT2D eigenvalue weighted by Crippen LogP contribution is -2.19. The summed E-state index contributed by atoms with van der Waals surface area (Å²) in [6.45, 7) is 1.92. The minimum Gasteiger partial charge on any atom is -0.362 e. The van der Waals surface area contributed by atoms with Crippen LogP contribution in [0.1, 0.15) is 16.8 Å². The van der Waals surface area contributed by atoms with Gasteiger partial charge in [0.15, 0.2) is 11.6 Å². The van der Waals surface area contributed by atoms with E-state index in [1.165, 1.54) is 6.07 Å². The SMILES string of the molecule is Cc1ccc(NC(=O)Nc2ccc(F)c(F)c2)cc1Nc1ccc2c(c1)NC(=O)C2=Cc1ccc[nH]1. The van der Waals surface area contributed by atoms with Gasteiger partial charge in [-0.15, -0.1) is 0 Å². The van der Waals surface area contributed by atoms with Gasteiger partial charge < -0.3 is 26.3 Å². The molecule has 7 nitrogen and oxygen atoms in total. The molecule has 3 aromatic carbocycles. The van der Waals surface area contributed by atoms with Crippen LogP contribution in [-0.4, -0.2) is 16.9 Å². The van der Waals surface area contributed by atoms with Gasteiger partial charge in [-0.2, -0.15) is 0 Å². The average molecular weight is 485 g/mol. The van der Waals surface area contributed by atoms with Crippen LogP contribution in [0.5, 0.6) is 0 Å². The maximum atomic E-state index is 13.4. The topological polar surface area (TPSA) is 98.0 Å². The number of carbonyl (C=O) groups is 2. The van der Waals surface area contributed by atoms with Gasteiger partial charge in [-0.05, 0) is 67.1 Å². The first kappa shape index (κ1) is 22.9. The lowest BCUT2D eigenvalue weighted by atomic mass is 10.1. The zero-order valence-corrected chi connectivity index (χ0v) is 19.1. The fraction of sp³-hybridized carbons (Fsp3) is 0.0370. The molecule has 0 aliphatic carbocycles. The van der Waals surface area contributed by atoms with E-state index in [2.05, 4.69) is 26.3 Å². The molecule has 0 saturated heterocycles. The van der Waals surface area contributed by atoms with Gasteiger partial charge in [0, 0.05) is 46.3 Å². The third-order valence-electron chi connectivity index (χ3n) is 5.68. The average Bonchev–Trinajstić information content (AvgIpc) is 3.46. The van der Waals surface area contributed by atoms with Crippen LogP contribution in [0, 0.1) is 18.6 Å². The molecular formula is C27H21F2N5O2. The molecule has 180 valence electrons. The van der Waals surface area contributed by atoms with Gasteiger partial charge >= 0.3 is 6.03 Å². The van der Waals surface area contributed by atoms with Crippen LogP contribution < -0.4 is 21.3 Å². The molecule has 2 heterocycles. The summed E-state index contributed by atoms with van der Waals surface area (Å²) in [7, 11) is 0. The van der Waals surface area contributed by atoms with Crippen LogP contribution in [0.15, 0.2) is 72.9 Å². The van der Waals surface area contributed by atoms with E-state index in [1.54, 1.807) is 24.4 Å². The Bertz CT molecular complexity index is 1510. The molecule has 0 atom stereocenters. The third kappa shape index (κ3) is 4.80. The molecule has 0 fully saturated rings. The number of rotatable bonds is 5. The summed E-state index contributed by atoms with van der Waals surface area (Å²) in [5, 5.41) is 11.4. The molecule has 0 spiro atoms. The molecular weight excluding hydrogens is 464 g/mol. The van der Waals surface area contributed by atoms with Crippen LogP contribution in [-0.2, 0) is 4.79 Å². The fourth-order valence-electron chi connectivity index (χ4n) is 3.86. The molecule has 36 heavy (non-hydrogen) atoms. The minimum atomic E-state index is -1.05. The molecule has 0 unspecified atom stereocenters. The van der Waals surface area contributed by atoms with Crippen LogP contribution in [0.3, 0.4) is 0 Å². The number of fused-ring (bicyclic) bond motifs is 1. The van der Waals surface area contributed by atoms with E-state index < -0.39 is 17.7 Å². The first-order chi connectivity index (χ1) is 17.4. The highest BCUT2D eigenvalue weighted by molar-refractivity contribution is 6.35. The van der Waals surface area contributed by atoms with E-state index >= 15 is 0 Å². The summed E-state index contributed by atoms with van der Waals surface area (Å²) >= 11 is 0. The number of aromatic nitrogens is 1. The largest absolute Gasteiger partial charge is 0.362 e. The van der Waals surface area contributed by atoms with Crippen molar-refractivity contribution in [2.75, 3.05) is 21.3 Å². The van der Waals surface area contributed by atoms with Gasteiger partial charge in [-0.25, -0.2) is 13.6 Å². The molecule has 0 radical (unpaired) electrons. The maximum absolute atomic E-state index is 13.4. The Kier molecular flexibility index (Phi) is 5.95. The highest BCUT2D eigenvalue weighted by atomic mass is 19.2. The van der Waals surface area contributed by atoms with E-state index in [0.717, 1.165) is 40.3 Å². The number of hydrogen-bond acceptors (Lipinski definition) is 3. The Hall–Kier alpha value is -4.92. The number of amides is 3. The van der Waals surface area contributed by atoms with E-state index in [9.17, 15) is 18.4 Å². The van der Waals surface area contributed by atoms with E-state index in [4.69, 9.17) is 0 Å². The third-order valence-corrected chi connectivity index (χ3v) is 5.68. The van der Waals surface area contributed by atoms with Crippen molar-refractivity contribution >= 4 is 52.0 Å². The molecule has 5 N–H and O–H groups in total. The lowest BCUT2D eigenvalue weighted by molar-refractivity contribution is -0.110. The predicted octanol–water partition coefficient (Wildman–Crippen LogP) is 6.48. The standard InChI is InChI=1S/C27H21F2N5O2/c1-15-4-5-19(33-27(36)32-17-7-9-22(28)23(29)12-17)13-24(15)31-18-6-8-20-21(11-16-3-2-10-30-16)26(35)34-25(20)14-18/h2-14,30-31H,1H3,(H,34,35)(H2,32,33,36). The second-order valence-electron chi connectivity index (χ2n) is 8.26. The van der Waals surface area contributed by atoms with Crippen molar-refractivity contribution in [1.82, 2.24) is 4.98 Å². The van der Waals surface area contributed by atoms with E-state index in [1.807, 2.05) is 43.3 Å². The lowest BCUT2D eigenvalue weighted by Gasteiger charge is -2.14. The fourth-order valence-corrected chi connectivity index (χ4v) is 3.86. The van der Waals surface area contributed by atoms with Crippen LogP contribution in [0.4, 0.5) is 42.0 Å². The smallest absolute Gasteiger partial charge is 0.323 e. The highest BCUT2D eigenvalue weighted by Crippen LogP contribution is 2.36. The number of aromatic amines is 1. The molecule has 1 aliphatic rings. The Labute approximate surface area is 205 Å². The maximum Gasteiger partial charge on any atom is 0.323 e. The minimum absolute atomic E-state index is 0.127. The number of nitrogens with one attached hydrogen (secondary N) is 5. The predicted molar refractivity (Wildman–Crippen MR) is 137 cm³/mol. The zero-order valence-electron chi connectivity index (χ0n) is 19.1. The van der Waals surface area contributed by atoms with Gasteiger partial charge in [0.2, 0.25) is 0 Å². The van der Waals surface area contributed by atoms with Gasteiger partial charge in [0.25, 0.3) is 5.91 Å². The zero-order chi connectivity index (χ0) is 25.2. The molecule has 1 aliphatic heterocycles. The molecule has 3 amide bonds. The molecule has 4 aromatic rings. The quantitative estimate of drug-likeness (QED) is 0.209. The molecule has 9 heteroatoms. The first-order valence-electron chi connectivity index (χ1n) is 11.1. The van der Waals surface area contributed by atoms with Crippen molar-refractivity contribution in [3.8, 4) is 0 Å². The second kappa shape index (κ2) is 9.38. The summed E-state index contributed by atoms with van der Waals surface area (Å²) in [6.07, 6.45) is 3.60. The Morgan fingerprint density at radius 3 is 2.39 bits per heavy atom. The number of benzene rings is 3. The van der Waals surface area contributed by atoms with Crippen LogP contribution in [0.25, 0.3) is 11.6 Å². The van der Waals surface area contributed by atoms with Gasteiger partial charge in [-0.3, -0.25) is 4.79 Å². The molecule has 0 saturated carbocycles. The number of anilines is 5. The number of carbonyl (C=O) groups excluding carboxylic acids is 2. The van der Waals surface area contributed by atoms with Crippen molar-refractivity contribution in [2.45, 2.75) is 6.92 Å². The number of aryl methyl sites for hydroxylation is 1. The summed E-state index contributed by atoms with van der Waals surface area (Å²) in [6, 6.07) is 17.2. The Balaban J connectivity index is 1.31. The second-order valence-corrected chi connectivity index (χ2v) is 8.26. The summed E-state index contributed by atoms with van der Waals surface area (Å²) in [5.41, 5.74) is 5.96. The van der Waals surface area contributed by atoms with Crippen molar-refractivity contribution < 1.29 is 18.4 Å².